The quantitative estimate of drug-likeness (QED) is 0.0326. The van der Waals surface area contributed by atoms with Gasteiger partial charge in [0, 0.05) is 17.7 Å². The molecular formula is C38H67NO10. The summed E-state index contributed by atoms with van der Waals surface area (Å²) in [5, 5.41) is 0. The zero-order valence-electron chi connectivity index (χ0n) is 31.6. The molecule has 0 aliphatic heterocycles. The average molecular weight is 698 g/mol. The van der Waals surface area contributed by atoms with Crippen LogP contribution in [0.15, 0.2) is 24.3 Å². The first kappa shape index (κ1) is 46.2. The van der Waals surface area contributed by atoms with E-state index in [-0.39, 0.29) is 59.3 Å². The van der Waals surface area contributed by atoms with Gasteiger partial charge in [-0.15, -0.1) is 0 Å². The fraction of sp³-hybridized carbons (Fsp3) is 0.789. The lowest BCUT2D eigenvalue weighted by atomic mass is 9.80. The largest absolute Gasteiger partial charge is 0.463 e. The van der Waals surface area contributed by atoms with E-state index in [0.29, 0.717) is 17.7 Å². The number of unbranched alkanes of at least 4 members (excludes halogenated alkanes) is 8. The molecule has 0 aromatic heterocycles. The molecule has 284 valence electrons. The second-order valence-corrected chi connectivity index (χ2v) is 13.1. The third-order valence-corrected chi connectivity index (χ3v) is 7.93. The fourth-order valence-corrected chi connectivity index (χ4v) is 5.16. The fourth-order valence-electron chi connectivity index (χ4n) is 5.16. The number of nitrogens with zero attached hydrogens (tertiary/aromatic N) is 1. The van der Waals surface area contributed by atoms with Crippen molar-refractivity contribution in [2.45, 2.75) is 112 Å². The van der Waals surface area contributed by atoms with Crippen LogP contribution in [0.4, 0.5) is 0 Å². The number of esters is 4. The molecule has 0 saturated carbocycles. The summed E-state index contributed by atoms with van der Waals surface area (Å²) in [5.41, 5.74) is -0.339. The molecule has 0 fully saturated rings. The first-order valence-corrected chi connectivity index (χ1v) is 18.2. The van der Waals surface area contributed by atoms with Crippen LogP contribution in [-0.4, -0.2) is 101 Å². The van der Waals surface area contributed by atoms with Crippen LogP contribution < -0.4 is 0 Å². The number of carbonyl (C=O) groups excluding carboxylic acids is 4. The van der Waals surface area contributed by atoms with Gasteiger partial charge in [-0.2, -0.15) is 0 Å². The van der Waals surface area contributed by atoms with Gasteiger partial charge >= 0.3 is 23.9 Å². The van der Waals surface area contributed by atoms with E-state index in [2.05, 4.69) is 31.9 Å². The van der Waals surface area contributed by atoms with E-state index in [4.69, 9.17) is 28.4 Å². The maximum atomic E-state index is 13.7. The molecule has 0 aromatic rings. The van der Waals surface area contributed by atoms with Gasteiger partial charge in [-0.05, 0) is 53.1 Å². The monoisotopic (exact) mass is 697 g/mol. The molecule has 11 heteroatoms. The Labute approximate surface area is 296 Å². The molecule has 0 aliphatic rings. The van der Waals surface area contributed by atoms with Crippen LogP contribution >= 0.6 is 0 Å². The molecule has 0 bridgehead atoms. The lowest BCUT2D eigenvalue weighted by Gasteiger charge is -2.35. The van der Waals surface area contributed by atoms with Crippen molar-refractivity contribution in [3.63, 3.8) is 0 Å². The SMILES string of the molecule is C=C(C)C(=O)OCCOCCOC(=O)C(C)CC(C)(CN(CCCCCC)CCCCCCCC)C(=O)OCCOCCOC(=O)C(=C)C. The highest BCUT2D eigenvalue weighted by Crippen LogP contribution is 2.30. The number of ether oxygens (including phenoxy) is 6. The number of rotatable bonds is 32. The van der Waals surface area contributed by atoms with Gasteiger partial charge in [-0.3, -0.25) is 9.59 Å². The second-order valence-electron chi connectivity index (χ2n) is 13.1. The topological polar surface area (TPSA) is 127 Å². The zero-order valence-corrected chi connectivity index (χ0v) is 31.6. The highest BCUT2D eigenvalue weighted by molar-refractivity contribution is 5.87. The highest BCUT2D eigenvalue weighted by Gasteiger charge is 2.40. The number of hydrogen-bond donors (Lipinski definition) is 0. The third-order valence-electron chi connectivity index (χ3n) is 7.93. The van der Waals surface area contributed by atoms with Crippen molar-refractivity contribution in [3.05, 3.63) is 24.3 Å². The molecular weight excluding hydrogens is 630 g/mol. The molecule has 49 heavy (non-hydrogen) atoms. The van der Waals surface area contributed by atoms with Gasteiger partial charge in [0.1, 0.15) is 26.4 Å². The highest BCUT2D eigenvalue weighted by atomic mass is 16.6. The minimum atomic E-state index is -0.966. The standard InChI is InChI=1S/C38H67NO10/c1-9-11-13-15-16-18-20-39(19-17-14-12-10-2)30-38(8,37(43)49-28-24-45-22-26-47-35(41)32(5)6)29-33(7)36(42)48-27-23-44-21-25-46-34(40)31(3)4/h33H,3,5,9-30H2,1-2,4,6-8H3. The summed E-state index contributed by atoms with van der Waals surface area (Å²) < 4.78 is 32.1. The summed E-state index contributed by atoms with van der Waals surface area (Å²) in [6.07, 6.45) is 11.8. The van der Waals surface area contributed by atoms with Gasteiger partial charge in [-0.25, -0.2) is 9.59 Å². The zero-order chi connectivity index (χ0) is 36.9. The normalized spacial score (nSPS) is 13.0. The van der Waals surface area contributed by atoms with Crippen LogP contribution in [0.1, 0.15) is 112 Å². The smallest absolute Gasteiger partial charge is 0.333 e. The van der Waals surface area contributed by atoms with Crippen molar-refractivity contribution in [2.24, 2.45) is 11.3 Å². The Hall–Kier alpha value is -2.76. The van der Waals surface area contributed by atoms with Gasteiger partial charge in [0.2, 0.25) is 0 Å². The Morgan fingerprint density at radius 1 is 0.612 bits per heavy atom. The third kappa shape index (κ3) is 24.1. The van der Waals surface area contributed by atoms with E-state index in [1.165, 1.54) is 32.1 Å². The van der Waals surface area contributed by atoms with Gasteiger partial charge in [0.05, 0.1) is 37.8 Å². The van der Waals surface area contributed by atoms with E-state index in [1.807, 2.05) is 6.92 Å². The predicted molar refractivity (Wildman–Crippen MR) is 191 cm³/mol. The Balaban J connectivity index is 5.30. The molecule has 0 aromatic carbocycles. The maximum Gasteiger partial charge on any atom is 0.333 e. The summed E-state index contributed by atoms with van der Waals surface area (Å²) in [6.45, 7) is 21.3. The van der Waals surface area contributed by atoms with Gasteiger partial charge in [0.15, 0.2) is 0 Å². The van der Waals surface area contributed by atoms with E-state index in [9.17, 15) is 19.2 Å². The van der Waals surface area contributed by atoms with Crippen molar-refractivity contribution in [2.75, 3.05) is 72.5 Å². The molecule has 0 amide bonds. The molecule has 0 heterocycles. The minimum Gasteiger partial charge on any atom is -0.463 e. The van der Waals surface area contributed by atoms with Crippen LogP contribution in [0.2, 0.25) is 0 Å². The number of carbonyl (C=O) groups is 4. The molecule has 0 aliphatic carbocycles. The summed E-state index contributed by atoms with van der Waals surface area (Å²) in [7, 11) is 0. The lowest BCUT2D eigenvalue weighted by Crippen LogP contribution is -2.45. The van der Waals surface area contributed by atoms with Crippen LogP contribution in [0.25, 0.3) is 0 Å². The Bertz CT molecular complexity index is 968. The van der Waals surface area contributed by atoms with Crippen molar-refractivity contribution >= 4 is 23.9 Å². The summed E-state index contributed by atoms with van der Waals surface area (Å²) in [5.74, 6) is -2.34. The molecule has 0 N–H and O–H groups in total. The van der Waals surface area contributed by atoms with E-state index in [1.54, 1.807) is 20.8 Å². The molecule has 0 spiro atoms. The first-order valence-electron chi connectivity index (χ1n) is 18.2. The molecule has 0 saturated heterocycles. The lowest BCUT2D eigenvalue weighted by molar-refractivity contribution is -0.161. The summed E-state index contributed by atoms with van der Waals surface area (Å²) >= 11 is 0. The summed E-state index contributed by atoms with van der Waals surface area (Å²) in [4.78, 5) is 52.0. The average Bonchev–Trinajstić information content (AvgIpc) is 3.06. The van der Waals surface area contributed by atoms with E-state index < -0.39 is 35.2 Å². The Morgan fingerprint density at radius 3 is 1.49 bits per heavy atom. The van der Waals surface area contributed by atoms with Gasteiger partial charge in [0.25, 0.3) is 0 Å². The predicted octanol–water partition coefficient (Wildman–Crippen LogP) is 6.62. The van der Waals surface area contributed by atoms with Gasteiger partial charge < -0.3 is 33.3 Å². The van der Waals surface area contributed by atoms with Crippen LogP contribution in [0.5, 0.6) is 0 Å². The number of hydrogen-bond acceptors (Lipinski definition) is 11. The van der Waals surface area contributed by atoms with Crippen LogP contribution in [0.3, 0.4) is 0 Å². The van der Waals surface area contributed by atoms with Crippen LogP contribution in [0, 0.1) is 11.3 Å². The molecule has 0 rings (SSSR count). The molecule has 0 radical (unpaired) electrons. The van der Waals surface area contributed by atoms with E-state index in [0.717, 1.165) is 45.2 Å². The van der Waals surface area contributed by atoms with Crippen molar-refractivity contribution in [1.82, 2.24) is 4.90 Å². The van der Waals surface area contributed by atoms with E-state index >= 15 is 0 Å². The Morgan fingerprint density at radius 2 is 1.02 bits per heavy atom. The molecule has 11 nitrogen and oxygen atoms in total. The van der Waals surface area contributed by atoms with Crippen molar-refractivity contribution in [1.29, 1.82) is 0 Å². The van der Waals surface area contributed by atoms with Crippen molar-refractivity contribution in [3.8, 4) is 0 Å². The first-order chi connectivity index (χ1) is 23.4. The molecule has 2 atom stereocenters. The van der Waals surface area contributed by atoms with Crippen LogP contribution in [-0.2, 0) is 47.6 Å². The summed E-state index contributed by atoms with van der Waals surface area (Å²) in [6, 6.07) is 0. The minimum absolute atomic E-state index is 0.0363. The van der Waals surface area contributed by atoms with Gasteiger partial charge in [-0.1, -0.05) is 85.3 Å². The Kier molecular flexibility index (Phi) is 27.4. The molecule has 2 unspecified atom stereocenters. The van der Waals surface area contributed by atoms with Crippen molar-refractivity contribution < 1.29 is 47.6 Å². The second kappa shape index (κ2) is 29.0. The maximum absolute atomic E-state index is 13.7.